The third kappa shape index (κ3) is 14.0. The Morgan fingerprint density at radius 3 is 2.06 bits per heavy atom. The maximum absolute atomic E-state index is 15.6. The number of benzene rings is 3. The molecule has 6 rings (SSSR count). The molecule has 3 N–H and O–H groups in total. The molecular weight excluding hydrogens is 926 g/mol. The van der Waals surface area contributed by atoms with E-state index in [-0.39, 0.29) is 65.0 Å². The molecule has 0 bridgehead atoms. The molecule has 0 spiro atoms. The van der Waals surface area contributed by atoms with E-state index in [1.165, 1.54) is 35.2 Å². The zero-order valence-corrected chi connectivity index (χ0v) is 42.8. The number of carbonyl (C=O) groups excluding carboxylic acids is 4. The lowest BCUT2D eigenvalue weighted by molar-refractivity contribution is -0.138. The van der Waals surface area contributed by atoms with Crippen molar-refractivity contribution in [1.82, 2.24) is 9.88 Å². The summed E-state index contributed by atoms with van der Waals surface area (Å²) < 4.78 is 59.0. The van der Waals surface area contributed by atoms with Gasteiger partial charge in [0.05, 0.1) is 29.5 Å². The van der Waals surface area contributed by atoms with Crippen molar-refractivity contribution in [3.63, 3.8) is 0 Å². The highest BCUT2D eigenvalue weighted by Crippen LogP contribution is 2.43. The number of hydrogen-bond acceptors (Lipinski definition) is 12. The summed E-state index contributed by atoms with van der Waals surface area (Å²) in [6.07, 6.45) is 1.35. The third-order valence-corrected chi connectivity index (χ3v) is 15.4. The fourth-order valence-electron chi connectivity index (χ4n) is 7.56. The van der Waals surface area contributed by atoms with Gasteiger partial charge in [-0.1, -0.05) is 37.8 Å². The number of aryl methyl sites for hydroxylation is 1. The molecule has 1 unspecified atom stereocenters. The minimum Gasteiger partial charge on any atom is -0.479 e. The fraction of sp³-hybridized carbons (Fsp3) is 0.480. The van der Waals surface area contributed by atoms with Crippen LogP contribution in [0.5, 0.6) is 0 Å². The van der Waals surface area contributed by atoms with Crippen molar-refractivity contribution in [2.24, 2.45) is 0 Å². The highest BCUT2D eigenvalue weighted by atomic mass is 32.2. The predicted molar refractivity (Wildman–Crippen MR) is 264 cm³/mol. The molecule has 2 saturated carbocycles. The monoisotopic (exact) mass is 989 g/mol. The summed E-state index contributed by atoms with van der Waals surface area (Å²) in [5.41, 5.74) is 1.06. The Morgan fingerprint density at radius 2 is 1.48 bits per heavy atom. The highest BCUT2D eigenvalue weighted by Gasteiger charge is 2.39. The van der Waals surface area contributed by atoms with Gasteiger partial charge in [0.25, 0.3) is 0 Å². The number of carboxylic acids is 1. The van der Waals surface area contributed by atoms with Gasteiger partial charge in [-0.05, 0) is 144 Å². The van der Waals surface area contributed by atoms with E-state index in [1.54, 1.807) is 66.8 Å². The van der Waals surface area contributed by atoms with Crippen LogP contribution < -0.4 is 15.5 Å². The molecule has 2 aliphatic rings. The van der Waals surface area contributed by atoms with Crippen molar-refractivity contribution in [2.45, 2.75) is 146 Å². The van der Waals surface area contributed by atoms with Crippen LogP contribution in [0, 0.1) is 5.82 Å². The molecule has 2 aliphatic carbocycles. The number of aliphatic carboxylic acids is 1. The molecule has 2 fully saturated rings. The van der Waals surface area contributed by atoms with E-state index in [2.05, 4.69) is 35.3 Å². The van der Waals surface area contributed by atoms with Gasteiger partial charge in [0.2, 0.25) is 5.91 Å². The van der Waals surface area contributed by atoms with Gasteiger partial charge < -0.3 is 34.9 Å². The van der Waals surface area contributed by atoms with Crippen molar-refractivity contribution >= 4 is 76.0 Å². The normalized spacial score (nSPS) is 14.7. The van der Waals surface area contributed by atoms with Crippen LogP contribution in [0.2, 0.25) is 25.7 Å². The number of ether oxygens (including phenoxy) is 3. The Hall–Kier alpha value is -6.08. The number of nitrogens with one attached hydrogen (secondary N) is 2. The lowest BCUT2D eigenvalue weighted by Crippen LogP contribution is -2.44. The predicted octanol–water partition coefficient (Wildman–Crippen LogP) is 10.6. The van der Waals surface area contributed by atoms with Gasteiger partial charge in [0.1, 0.15) is 17.0 Å². The largest absolute Gasteiger partial charge is 0.479 e. The first-order valence-electron chi connectivity index (χ1n) is 23.1. The summed E-state index contributed by atoms with van der Waals surface area (Å²) in [4.78, 5) is 72.4. The van der Waals surface area contributed by atoms with E-state index in [4.69, 9.17) is 14.2 Å². The van der Waals surface area contributed by atoms with Crippen LogP contribution in [-0.4, -0.2) is 91.7 Å². The number of imide groups is 1. The standard InChI is InChI=1S/C50H64FN5O11SSi/c1-49(2,3)66-47(61)56(48(62)67-50(4,5)6)44-38-20-15-35(27-39(38)40(51)28-52-44)54-43(45(58)59)32-13-19-37(30-11-12-30)31(25-32)14-22-42(57)53-34-16-21-41(68(63,64)36-17-18-36)33(26-34)29-55(7)46(60)65-23-24-69(8,9)10/h13,15-16,19-21,25-28,30,36,43,54H,11-12,14,17-18,22-24,29H2,1-10H3,(H,53,57)(H,58,59). The molecule has 1 heterocycles. The molecule has 372 valence electrons. The number of carboxylic acid groups (broad SMARTS) is 1. The first kappa shape index (κ1) is 52.3. The minimum atomic E-state index is -3.66. The van der Waals surface area contributed by atoms with E-state index < -0.39 is 70.5 Å². The highest BCUT2D eigenvalue weighted by molar-refractivity contribution is 7.92. The summed E-state index contributed by atoms with van der Waals surface area (Å²) in [6, 6.07) is 13.6. The SMILES string of the molecule is CN(Cc1cc(NC(=O)CCc2cc(C(Nc3ccc4c(N(C(=O)OC(C)(C)C)C(=O)OC(C)(C)C)ncc(F)c4c3)C(=O)O)ccc2C2CC2)ccc1S(=O)(=O)C1CC1)C(=O)OCC[Si](C)(C)C. The summed E-state index contributed by atoms with van der Waals surface area (Å²) in [6.45, 7) is 16.5. The van der Waals surface area contributed by atoms with Gasteiger partial charge in [0, 0.05) is 43.7 Å². The summed E-state index contributed by atoms with van der Waals surface area (Å²) in [7, 11) is -3.58. The molecule has 3 aromatic carbocycles. The zero-order chi connectivity index (χ0) is 50.8. The van der Waals surface area contributed by atoms with Gasteiger partial charge in [-0.2, -0.15) is 4.90 Å². The van der Waals surface area contributed by atoms with Crippen LogP contribution in [0.3, 0.4) is 0 Å². The van der Waals surface area contributed by atoms with E-state index in [9.17, 15) is 37.5 Å². The fourth-order valence-corrected chi connectivity index (χ4v) is 10.1. The molecule has 0 radical (unpaired) electrons. The van der Waals surface area contributed by atoms with Crippen LogP contribution in [0.1, 0.15) is 108 Å². The molecule has 0 saturated heterocycles. The second kappa shape index (κ2) is 20.5. The topological polar surface area (TPSA) is 211 Å². The van der Waals surface area contributed by atoms with Crippen LogP contribution in [0.15, 0.2) is 65.7 Å². The number of fused-ring (bicyclic) bond motifs is 1. The third-order valence-electron chi connectivity index (χ3n) is 11.3. The second-order valence-corrected chi connectivity index (χ2v) is 28.8. The van der Waals surface area contributed by atoms with Crippen LogP contribution in [-0.2, 0) is 46.6 Å². The van der Waals surface area contributed by atoms with Gasteiger partial charge in [-0.3, -0.25) is 4.79 Å². The van der Waals surface area contributed by atoms with Crippen molar-refractivity contribution in [2.75, 3.05) is 29.2 Å². The molecule has 1 aromatic heterocycles. The number of amides is 4. The number of hydrogen-bond donors (Lipinski definition) is 3. The van der Waals surface area contributed by atoms with E-state index in [0.717, 1.165) is 36.2 Å². The first-order valence-corrected chi connectivity index (χ1v) is 28.4. The van der Waals surface area contributed by atoms with Gasteiger partial charge in [-0.15, -0.1) is 0 Å². The Kier molecular flexibility index (Phi) is 15.5. The molecule has 4 aromatic rings. The quantitative estimate of drug-likeness (QED) is 0.0665. The number of halogens is 1. The number of aromatic nitrogens is 1. The summed E-state index contributed by atoms with van der Waals surface area (Å²) in [5, 5.41) is 15.9. The molecule has 16 nitrogen and oxygen atoms in total. The Morgan fingerprint density at radius 1 is 0.841 bits per heavy atom. The number of rotatable bonds is 17. The van der Waals surface area contributed by atoms with Gasteiger partial charge in [-0.25, -0.2) is 37.0 Å². The number of carbonyl (C=O) groups is 5. The molecule has 19 heteroatoms. The average Bonchev–Trinajstić information content (AvgIpc) is 4.16. The van der Waals surface area contributed by atoms with E-state index in [0.29, 0.717) is 34.6 Å². The number of nitrogens with zero attached hydrogens (tertiary/aromatic N) is 3. The van der Waals surface area contributed by atoms with Crippen molar-refractivity contribution in [3.05, 3.63) is 88.9 Å². The molecule has 0 aliphatic heterocycles. The molecule has 1 atom stereocenters. The number of sulfone groups is 1. The van der Waals surface area contributed by atoms with Crippen LogP contribution in [0.4, 0.5) is 36.0 Å². The van der Waals surface area contributed by atoms with Crippen LogP contribution in [0.25, 0.3) is 10.8 Å². The molecular formula is C50H64FN5O11SSi. The van der Waals surface area contributed by atoms with E-state index >= 15 is 4.39 Å². The van der Waals surface area contributed by atoms with Crippen LogP contribution >= 0.6 is 0 Å². The zero-order valence-electron chi connectivity index (χ0n) is 41.0. The van der Waals surface area contributed by atoms with Crippen molar-refractivity contribution in [3.8, 4) is 0 Å². The maximum Gasteiger partial charge on any atom is 0.425 e. The van der Waals surface area contributed by atoms with Gasteiger partial charge in [0.15, 0.2) is 21.7 Å². The number of anilines is 3. The number of pyridine rings is 1. The minimum absolute atomic E-state index is 0.0129. The molecule has 4 amide bonds. The van der Waals surface area contributed by atoms with E-state index in [1.807, 2.05) is 6.07 Å². The molecule has 69 heavy (non-hydrogen) atoms. The summed E-state index contributed by atoms with van der Waals surface area (Å²) in [5.74, 6) is -2.40. The van der Waals surface area contributed by atoms with Crippen molar-refractivity contribution in [1.29, 1.82) is 0 Å². The Balaban J connectivity index is 1.21. The van der Waals surface area contributed by atoms with Gasteiger partial charge >= 0.3 is 24.2 Å². The maximum atomic E-state index is 15.6. The lowest BCUT2D eigenvalue weighted by Gasteiger charge is -2.28. The first-order chi connectivity index (χ1) is 32.1. The Bertz CT molecular complexity index is 2710. The lowest BCUT2D eigenvalue weighted by atomic mass is 9.94. The van der Waals surface area contributed by atoms with Crippen molar-refractivity contribution < 1.29 is 56.1 Å². The summed E-state index contributed by atoms with van der Waals surface area (Å²) >= 11 is 0. The smallest absolute Gasteiger partial charge is 0.425 e. The second-order valence-electron chi connectivity index (χ2n) is 21.0. The Labute approximate surface area is 404 Å². The average molecular weight is 990 g/mol.